The van der Waals surface area contributed by atoms with E-state index in [1.165, 1.54) is 0 Å². The molecule has 1 amide bonds. The number of fused-ring (bicyclic) bond motifs is 3. The second-order valence-electron chi connectivity index (χ2n) is 7.88. The van der Waals surface area contributed by atoms with Crippen LogP contribution in [0.2, 0.25) is 0 Å². The van der Waals surface area contributed by atoms with Crippen LogP contribution in [0.4, 0.5) is 0 Å². The highest BCUT2D eigenvalue weighted by molar-refractivity contribution is 5.94. The van der Waals surface area contributed by atoms with Gasteiger partial charge < -0.3 is 14.6 Å². The first-order valence-electron chi connectivity index (χ1n) is 9.61. The SMILES string of the molecule is Cc1nc2c(c(=O)[nH]1)CCC21CCN(C(=O)c2n[nH]c3c2COCC3)CC1. The molecule has 142 valence electrons. The van der Waals surface area contributed by atoms with Gasteiger partial charge in [-0.25, -0.2) is 4.98 Å². The third-order valence-corrected chi connectivity index (χ3v) is 6.40. The number of nitrogens with zero attached hydrogens (tertiary/aromatic N) is 3. The molecule has 0 unspecified atom stereocenters. The molecule has 5 rings (SSSR count). The summed E-state index contributed by atoms with van der Waals surface area (Å²) in [5, 5.41) is 7.26. The number of rotatable bonds is 1. The molecule has 0 saturated carbocycles. The number of nitrogens with one attached hydrogen (secondary N) is 2. The number of hydrogen-bond donors (Lipinski definition) is 2. The number of carbonyl (C=O) groups is 1. The summed E-state index contributed by atoms with van der Waals surface area (Å²) in [6.07, 6.45) is 4.16. The van der Waals surface area contributed by atoms with E-state index in [-0.39, 0.29) is 16.9 Å². The van der Waals surface area contributed by atoms with Gasteiger partial charge in [0.1, 0.15) is 5.82 Å². The van der Waals surface area contributed by atoms with Crippen LogP contribution >= 0.6 is 0 Å². The second-order valence-corrected chi connectivity index (χ2v) is 7.88. The molecule has 8 heteroatoms. The van der Waals surface area contributed by atoms with Gasteiger partial charge in [0.15, 0.2) is 5.69 Å². The monoisotopic (exact) mass is 369 g/mol. The molecule has 2 N–H and O–H groups in total. The Bertz CT molecular complexity index is 968. The molecule has 1 spiro atoms. The van der Waals surface area contributed by atoms with Crippen LogP contribution in [-0.4, -0.2) is 50.7 Å². The molecular weight excluding hydrogens is 346 g/mol. The van der Waals surface area contributed by atoms with Crippen molar-refractivity contribution < 1.29 is 9.53 Å². The maximum atomic E-state index is 13.0. The Kier molecular flexibility index (Phi) is 3.72. The average Bonchev–Trinajstić information content (AvgIpc) is 3.25. The molecule has 27 heavy (non-hydrogen) atoms. The third kappa shape index (κ3) is 2.54. The van der Waals surface area contributed by atoms with Crippen LogP contribution in [0.3, 0.4) is 0 Å². The Balaban J connectivity index is 1.37. The molecule has 1 fully saturated rings. The van der Waals surface area contributed by atoms with Crippen LogP contribution in [0.5, 0.6) is 0 Å². The lowest BCUT2D eigenvalue weighted by atomic mass is 9.76. The first-order chi connectivity index (χ1) is 13.1. The summed E-state index contributed by atoms with van der Waals surface area (Å²) in [6, 6.07) is 0. The van der Waals surface area contributed by atoms with Crippen molar-refractivity contribution in [3.05, 3.63) is 44.4 Å². The molecule has 0 radical (unpaired) electrons. The summed E-state index contributed by atoms with van der Waals surface area (Å²) in [5.74, 6) is 0.641. The van der Waals surface area contributed by atoms with Gasteiger partial charge in [-0.3, -0.25) is 14.7 Å². The fourth-order valence-corrected chi connectivity index (χ4v) is 4.83. The summed E-state index contributed by atoms with van der Waals surface area (Å²) < 4.78 is 5.50. The van der Waals surface area contributed by atoms with Gasteiger partial charge in [0.2, 0.25) is 0 Å². The molecule has 4 heterocycles. The van der Waals surface area contributed by atoms with Crippen LogP contribution in [-0.2, 0) is 29.6 Å². The highest BCUT2D eigenvalue weighted by atomic mass is 16.5. The number of amides is 1. The molecule has 3 aliphatic rings. The lowest BCUT2D eigenvalue weighted by molar-refractivity contribution is 0.0646. The number of H-pyrrole nitrogens is 2. The molecule has 2 aromatic heterocycles. The zero-order valence-electron chi connectivity index (χ0n) is 15.4. The van der Waals surface area contributed by atoms with E-state index in [9.17, 15) is 9.59 Å². The predicted octanol–water partition coefficient (Wildman–Crippen LogP) is 0.994. The first kappa shape index (κ1) is 16.7. The zero-order valence-corrected chi connectivity index (χ0v) is 15.4. The molecule has 2 aromatic rings. The highest BCUT2D eigenvalue weighted by Gasteiger charge is 2.45. The van der Waals surface area contributed by atoms with Gasteiger partial charge in [-0.15, -0.1) is 0 Å². The maximum absolute atomic E-state index is 13.0. The minimum atomic E-state index is -0.0702. The van der Waals surface area contributed by atoms with E-state index in [1.54, 1.807) is 0 Å². The molecule has 1 aliphatic carbocycles. The summed E-state index contributed by atoms with van der Waals surface area (Å²) >= 11 is 0. The summed E-state index contributed by atoms with van der Waals surface area (Å²) in [4.78, 5) is 34.6. The van der Waals surface area contributed by atoms with E-state index < -0.39 is 0 Å². The number of piperidine rings is 1. The topological polar surface area (TPSA) is 104 Å². The number of aromatic amines is 2. The van der Waals surface area contributed by atoms with Crippen LogP contribution in [0.15, 0.2) is 4.79 Å². The average molecular weight is 369 g/mol. The molecule has 0 aromatic carbocycles. The minimum absolute atomic E-state index is 0.00367. The molecule has 2 aliphatic heterocycles. The van der Waals surface area contributed by atoms with E-state index in [0.717, 1.165) is 54.6 Å². The van der Waals surface area contributed by atoms with Crippen LogP contribution in [0.25, 0.3) is 0 Å². The Hall–Kier alpha value is -2.48. The number of likely N-dealkylation sites (tertiary alicyclic amines) is 1. The van der Waals surface area contributed by atoms with E-state index >= 15 is 0 Å². The number of hydrogen-bond acceptors (Lipinski definition) is 5. The van der Waals surface area contributed by atoms with Crippen molar-refractivity contribution in [3.8, 4) is 0 Å². The van der Waals surface area contributed by atoms with Crippen molar-refractivity contribution in [1.29, 1.82) is 0 Å². The standard InChI is InChI=1S/C19H23N5O3/c1-11-20-16-12(17(25)21-11)2-4-19(16)5-7-24(8-6-19)18(26)15-13-10-27-9-3-14(13)22-23-15/h2-10H2,1H3,(H,22,23)(H,20,21,25). The van der Waals surface area contributed by atoms with Crippen LogP contribution in [0.1, 0.15) is 58.1 Å². The molecule has 0 bridgehead atoms. The number of carbonyl (C=O) groups excluding carboxylic acids is 1. The van der Waals surface area contributed by atoms with Gasteiger partial charge in [-0.05, 0) is 32.6 Å². The smallest absolute Gasteiger partial charge is 0.274 e. The quantitative estimate of drug-likeness (QED) is 0.780. The van der Waals surface area contributed by atoms with Crippen molar-refractivity contribution in [2.24, 2.45) is 0 Å². The van der Waals surface area contributed by atoms with Gasteiger partial charge in [-0.1, -0.05) is 0 Å². The summed E-state index contributed by atoms with van der Waals surface area (Å²) in [7, 11) is 0. The minimum Gasteiger partial charge on any atom is -0.376 e. The normalized spacial score (nSPS) is 20.6. The predicted molar refractivity (Wildman–Crippen MR) is 96.7 cm³/mol. The first-order valence-corrected chi connectivity index (χ1v) is 9.61. The highest BCUT2D eigenvalue weighted by Crippen LogP contribution is 2.44. The number of aryl methyl sites for hydroxylation is 1. The van der Waals surface area contributed by atoms with Crippen molar-refractivity contribution >= 4 is 5.91 Å². The lowest BCUT2D eigenvalue weighted by Crippen LogP contribution is -2.45. The summed E-state index contributed by atoms with van der Waals surface area (Å²) in [6.45, 7) is 4.27. The van der Waals surface area contributed by atoms with Crippen molar-refractivity contribution in [3.63, 3.8) is 0 Å². The second kappa shape index (κ2) is 6.02. The van der Waals surface area contributed by atoms with Gasteiger partial charge in [0, 0.05) is 41.7 Å². The lowest BCUT2D eigenvalue weighted by Gasteiger charge is -2.39. The van der Waals surface area contributed by atoms with Gasteiger partial charge in [0.05, 0.1) is 18.9 Å². The van der Waals surface area contributed by atoms with E-state index in [4.69, 9.17) is 4.74 Å². The fourth-order valence-electron chi connectivity index (χ4n) is 4.83. The third-order valence-electron chi connectivity index (χ3n) is 6.40. The Labute approximate surface area is 156 Å². The van der Waals surface area contributed by atoms with Crippen molar-refractivity contribution in [2.75, 3.05) is 19.7 Å². The van der Waals surface area contributed by atoms with Crippen LogP contribution < -0.4 is 5.56 Å². The van der Waals surface area contributed by atoms with Crippen molar-refractivity contribution in [2.45, 2.75) is 51.0 Å². The van der Waals surface area contributed by atoms with Gasteiger partial charge in [-0.2, -0.15) is 5.10 Å². The number of ether oxygens (including phenoxy) is 1. The van der Waals surface area contributed by atoms with E-state index in [0.29, 0.717) is 37.8 Å². The molecular formula is C19H23N5O3. The van der Waals surface area contributed by atoms with Crippen molar-refractivity contribution in [1.82, 2.24) is 25.1 Å². The van der Waals surface area contributed by atoms with Crippen LogP contribution in [0, 0.1) is 6.92 Å². The number of aromatic nitrogens is 4. The Morgan fingerprint density at radius 3 is 2.81 bits per heavy atom. The molecule has 1 saturated heterocycles. The van der Waals surface area contributed by atoms with E-state index in [2.05, 4.69) is 20.2 Å². The summed E-state index contributed by atoms with van der Waals surface area (Å²) in [5.41, 5.74) is 4.14. The van der Waals surface area contributed by atoms with E-state index in [1.807, 2.05) is 11.8 Å². The molecule has 8 nitrogen and oxygen atoms in total. The van der Waals surface area contributed by atoms with Gasteiger partial charge in [0.25, 0.3) is 11.5 Å². The van der Waals surface area contributed by atoms with Gasteiger partial charge >= 0.3 is 0 Å². The zero-order chi connectivity index (χ0) is 18.6. The Morgan fingerprint density at radius 2 is 2.00 bits per heavy atom. The molecule has 0 atom stereocenters. The maximum Gasteiger partial charge on any atom is 0.274 e. The Morgan fingerprint density at radius 1 is 1.19 bits per heavy atom. The largest absolute Gasteiger partial charge is 0.376 e. The fraction of sp³-hybridized carbons (Fsp3) is 0.579.